The monoisotopic (exact) mass is 870 g/mol. The van der Waals surface area contributed by atoms with Crippen molar-refractivity contribution in [2.45, 2.75) is 82.5 Å². The van der Waals surface area contributed by atoms with Crippen LogP contribution in [0.15, 0.2) is 107 Å². The third-order valence-electron chi connectivity index (χ3n) is 11.1. The van der Waals surface area contributed by atoms with E-state index in [4.69, 9.17) is 18.4 Å². The number of imidazole rings is 1. The molecule has 18 heteroatoms. The van der Waals surface area contributed by atoms with E-state index in [0.29, 0.717) is 5.75 Å². The number of amides is 1. The van der Waals surface area contributed by atoms with Crippen LogP contribution in [-0.2, 0) is 23.0 Å². The van der Waals surface area contributed by atoms with Crippen molar-refractivity contribution in [3.63, 3.8) is 0 Å². The van der Waals surface area contributed by atoms with E-state index in [1.165, 1.54) is 61.9 Å². The van der Waals surface area contributed by atoms with Gasteiger partial charge in [-0.15, -0.1) is 4.89 Å². The highest BCUT2D eigenvalue weighted by Gasteiger charge is 2.58. The standard InChI is InChI=1S/C34H36N5O9PSi.C9H16N2/c1-33(2,3)50(24-15-9-5-10-16-24,25-17-11-6-12-18-25)46-20-26-34(42,48-49(43)44)19-28(47-26)39-22-35-29-30(39)37-32(38-31(29)41)36-27(40)21-45-23-13-7-4-8-14-23;1-2-5-9-10-6-4-8-11(9)7-3-1/h4-18,22,26,28,42H,19-21H2,1-3H3,(H2-,36,37,38,40,41,43,44);1-8H2/p+1/t26-,28-,34-;/m1./s1. The summed E-state index contributed by atoms with van der Waals surface area (Å²) in [5, 5.41) is 15.8. The molecule has 16 nitrogen and oxygen atoms in total. The zero-order valence-corrected chi connectivity index (χ0v) is 36.5. The van der Waals surface area contributed by atoms with E-state index in [-0.39, 0.29) is 36.7 Å². The first-order valence-corrected chi connectivity index (χ1v) is 23.6. The van der Waals surface area contributed by atoms with Gasteiger partial charge in [0.1, 0.15) is 18.1 Å². The van der Waals surface area contributed by atoms with Crippen molar-refractivity contribution < 1.29 is 37.8 Å². The van der Waals surface area contributed by atoms with E-state index in [2.05, 4.69) is 50.9 Å². The Kier molecular flexibility index (Phi) is 13.9. The maximum atomic E-state index is 12.9. The number of rotatable bonds is 12. The van der Waals surface area contributed by atoms with Gasteiger partial charge in [0.15, 0.2) is 17.8 Å². The lowest BCUT2D eigenvalue weighted by atomic mass is 10.1. The number of hydrogen-bond acceptors (Lipinski definition) is 12. The summed E-state index contributed by atoms with van der Waals surface area (Å²) in [6.45, 7) is 9.32. The second-order valence-electron chi connectivity index (χ2n) is 16.3. The quantitative estimate of drug-likeness (QED) is 0.0742. The minimum Gasteiger partial charge on any atom is -0.484 e. The minimum atomic E-state index is -3.27. The lowest BCUT2D eigenvalue weighted by Crippen LogP contribution is -2.67. The number of hydrogen-bond donors (Lipinski definition) is 4. The Morgan fingerprint density at radius 1 is 0.984 bits per heavy atom. The number of anilines is 1. The summed E-state index contributed by atoms with van der Waals surface area (Å²) >= 11 is 0. The van der Waals surface area contributed by atoms with Gasteiger partial charge >= 0.3 is 8.25 Å². The number of nitrogens with one attached hydrogen (secondary N) is 2. The van der Waals surface area contributed by atoms with Crippen molar-refractivity contribution in [2.24, 2.45) is 4.99 Å². The highest BCUT2D eigenvalue weighted by atomic mass is 31.1. The number of benzene rings is 3. The SMILES string of the molecule is C1CCC2=NCCCN2CC1.CC(C)(C)[Si](OC[C@H]1O[C@@H](n2cnc3c(=O)[nH]c(NC(=O)COc4ccccc4)nc32)C[C@@]1(O)O[P+](=O)O)(c1ccccc1)c1ccccc1. The summed E-state index contributed by atoms with van der Waals surface area (Å²) in [5.74, 6) is -1.13. The van der Waals surface area contributed by atoms with Gasteiger partial charge in [-0.1, -0.05) is 111 Å². The molecule has 5 aromatic rings. The van der Waals surface area contributed by atoms with Gasteiger partial charge in [-0.2, -0.15) is 4.98 Å². The van der Waals surface area contributed by atoms with Crippen molar-refractivity contribution in [3.05, 3.63) is 108 Å². The lowest BCUT2D eigenvalue weighted by Gasteiger charge is -2.43. The predicted octanol–water partition coefficient (Wildman–Crippen LogP) is 5.02. The number of aliphatic hydroxyl groups is 1. The molecule has 0 radical (unpaired) electrons. The number of aromatic amines is 1. The molecule has 4 N–H and O–H groups in total. The third-order valence-corrected chi connectivity index (χ3v) is 16.6. The summed E-state index contributed by atoms with van der Waals surface area (Å²) in [6.07, 6.45) is 5.27. The first-order valence-electron chi connectivity index (χ1n) is 20.6. The molecule has 3 aliphatic heterocycles. The summed E-state index contributed by atoms with van der Waals surface area (Å²) in [7, 11) is -6.39. The first kappa shape index (κ1) is 43.9. The van der Waals surface area contributed by atoms with Crippen molar-refractivity contribution in [3.8, 4) is 5.75 Å². The van der Waals surface area contributed by atoms with Crippen molar-refractivity contribution in [2.75, 3.05) is 38.2 Å². The average Bonchev–Trinajstić information content (AvgIpc) is 3.71. The smallest absolute Gasteiger partial charge is 0.484 e. The Balaban J connectivity index is 0.000000439. The third kappa shape index (κ3) is 10.2. The lowest BCUT2D eigenvalue weighted by molar-refractivity contribution is -0.183. The zero-order valence-electron chi connectivity index (χ0n) is 34.6. The molecular formula is C43H53N7O9PSi+. The Bertz CT molecular complexity index is 2320. The van der Waals surface area contributed by atoms with Crippen LogP contribution in [0.3, 0.4) is 0 Å². The van der Waals surface area contributed by atoms with Crippen LogP contribution in [0.25, 0.3) is 11.2 Å². The van der Waals surface area contributed by atoms with Crippen molar-refractivity contribution in [1.82, 2.24) is 24.4 Å². The van der Waals surface area contributed by atoms with E-state index in [0.717, 1.165) is 16.9 Å². The van der Waals surface area contributed by atoms with Crippen LogP contribution in [0.2, 0.25) is 5.04 Å². The van der Waals surface area contributed by atoms with Crippen LogP contribution in [-0.4, -0.2) is 99.2 Å². The van der Waals surface area contributed by atoms with Crippen molar-refractivity contribution in [1.29, 1.82) is 0 Å². The molecule has 2 aromatic heterocycles. The molecule has 322 valence electrons. The molecule has 3 aliphatic rings. The first-order chi connectivity index (χ1) is 29.4. The van der Waals surface area contributed by atoms with Gasteiger partial charge in [0.25, 0.3) is 25.6 Å². The van der Waals surface area contributed by atoms with Crippen LogP contribution in [0.1, 0.15) is 65.5 Å². The molecule has 1 unspecified atom stereocenters. The molecule has 0 saturated carbocycles. The van der Waals surface area contributed by atoms with Crippen LogP contribution in [0.5, 0.6) is 5.75 Å². The Hall–Kier alpha value is -5.13. The van der Waals surface area contributed by atoms with Gasteiger partial charge in [-0.3, -0.25) is 29.4 Å². The molecule has 0 aliphatic carbocycles. The molecule has 2 saturated heterocycles. The van der Waals surface area contributed by atoms with Crippen LogP contribution < -0.4 is 26.0 Å². The highest BCUT2D eigenvalue weighted by molar-refractivity contribution is 7.32. The highest BCUT2D eigenvalue weighted by Crippen LogP contribution is 2.44. The number of aliphatic imine (C=N–C) groups is 1. The largest absolute Gasteiger partial charge is 0.697 e. The van der Waals surface area contributed by atoms with Gasteiger partial charge < -0.3 is 23.9 Å². The number of ether oxygens (including phenoxy) is 2. The number of fused-ring (bicyclic) bond motifs is 2. The maximum Gasteiger partial charge on any atom is 0.697 e. The average molecular weight is 871 g/mol. The molecule has 5 heterocycles. The van der Waals surface area contributed by atoms with E-state index in [1.54, 1.807) is 24.3 Å². The van der Waals surface area contributed by atoms with Crippen LogP contribution >= 0.6 is 8.25 Å². The number of carbonyl (C=O) groups is 1. The number of aromatic nitrogens is 4. The van der Waals surface area contributed by atoms with E-state index in [1.807, 2.05) is 66.7 Å². The normalized spacial score (nSPS) is 20.8. The fourth-order valence-corrected chi connectivity index (χ4v) is 13.2. The number of para-hydroxylation sites is 1. The second kappa shape index (κ2) is 19.3. The van der Waals surface area contributed by atoms with Gasteiger partial charge in [0.05, 0.1) is 25.2 Å². The Labute approximate surface area is 356 Å². The van der Waals surface area contributed by atoms with Crippen molar-refractivity contribution >= 4 is 55.8 Å². The second-order valence-corrected chi connectivity index (χ2v) is 21.2. The van der Waals surface area contributed by atoms with Gasteiger partial charge in [0, 0.05) is 30.6 Å². The van der Waals surface area contributed by atoms with Crippen LogP contribution in [0, 0.1) is 0 Å². The number of nitrogens with zero attached hydrogens (tertiary/aromatic N) is 5. The topological polar surface area (TPSA) is 203 Å². The molecule has 0 bridgehead atoms. The summed E-state index contributed by atoms with van der Waals surface area (Å²) < 4.78 is 37.3. The van der Waals surface area contributed by atoms with Gasteiger partial charge in [0.2, 0.25) is 5.95 Å². The summed E-state index contributed by atoms with van der Waals surface area (Å²) in [4.78, 5) is 53.4. The molecule has 61 heavy (non-hydrogen) atoms. The van der Waals surface area contributed by atoms with E-state index in [9.17, 15) is 24.2 Å². The Morgan fingerprint density at radius 2 is 1.64 bits per heavy atom. The molecule has 1 amide bonds. The zero-order chi connectivity index (χ0) is 43.0. The van der Waals surface area contributed by atoms with Gasteiger partial charge in [-0.05, 0) is 46.8 Å². The predicted molar refractivity (Wildman–Crippen MR) is 234 cm³/mol. The minimum absolute atomic E-state index is 0.0299. The molecular weight excluding hydrogens is 818 g/mol. The molecule has 3 aromatic carbocycles. The fraction of sp³-hybridized carbons (Fsp3) is 0.419. The maximum absolute atomic E-state index is 12.9. The summed E-state index contributed by atoms with van der Waals surface area (Å²) in [5.41, 5.74) is -0.665. The summed E-state index contributed by atoms with van der Waals surface area (Å²) in [6, 6.07) is 28.4. The van der Waals surface area contributed by atoms with Gasteiger partial charge in [-0.25, -0.2) is 4.98 Å². The molecule has 0 spiro atoms. The van der Waals surface area contributed by atoms with E-state index >= 15 is 0 Å². The number of amidine groups is 1. The Morgan fingerprint density at radius 3 is 2.30 bits per heavy atom. The van der Waals surface area contributed by atoms with E-state index < -0.39 is 51.2 Å². The number of H-pyrrole nitrogens is 1. The fourth-order valence-electron chi connectivity index (χ4n) is 8.22. The number of carbonyl (C=O) groups excluding carboxylic acids is 1. The van der Waals surface area contributed by atoms with Crippen LogP contribution in [0.4, 0.5) is 5.95 Å². The molecule has 2 fully saturated rings. The molecule has 4 atom stereocenters. The molecule has 8 rings (SSSR count).